The van der Waals surface area contributed by atoms with Crippen LogP contribution < -0.4 is 14.2 Å². The van der Waals surface area contributed by atoms with Gasteiger partial charge in [0.25, 0.3) is 11.1 Å². The lowest BCUT2D eigenvalue weighted by Gasteiger charge is -2.13. The van der Waals surface area contributed by atoms with Crippen molar-refractivity contribution in [3.05, 3.63) is 94.6 Å². The Balaban J connectivity index is 1.44. The van der Waals surface area contributed by atoms with Gasteiger partial charge in [0.2, 0.25) is 0 Å². The molecule has 1 heterocycles. The van der Waals surface area contributed by atoms with Gasteiger partial charge in [-0.25, -0.2) is 9.18 Å². The molecule has 0 aromatic heterocycles. The van der Waals surface area contributed by atoms with Crippen LogP contribution in [0.1, 0.15) is 15.9 Å². The van der Waals surface area contributed by atoms with E-state index in [4.69, 9.17) is 14.2 Å². The van der Waals surface area contributed by atoms with Gasteiger partial charge in [0.15, 0.2) is 11.5 Å². The molecule has 0 bridgehead atoms. The van der Waals surface area contributed by atoms with E-state index in [9.17, 15) is 18.8 Å². The lowest BCUT2D eigenvalue weighted by atomic mass is 10.1. The Hall–Kier alpha value is -4.11. The number of thioether (sulfide) groups is 1. The fraction of sp³-hybridized carbons (Fsp3) is 0.115. The minimum atomic E-state index is -0.868. The highest BCUT2D eigenvalue weighted by Crippen LogP contribution is 2.34. The lowest BCUT2D eigenvalue weighted by molar-refractivity contribution is -0.123. The summed E-state index contributed by atoms with van der Waals surface area (Å²) in [4.78, 5) is 38.8. The fourth-order valence-corrected chi connectivity index (χ4v) is 4.12. The predicted molar refractivity (Wildman–Crippen MR) is 129 cm³/mol. The minimum Gasteiger partial charge on any atom is -0.493 e. The van der Waals surface area contributed by atoms with Crippen molar-refractivity contribution in [2.45, 2.75) is 0 Å². The number of imide groups is 1. The van der Waals surface area contributed by atoms with Crippen LogP contribution in [0.25, 0.3) is 6.08 Å². The Labute approximate surface area is 205 Å². The van der Waals surface area contributed by atoms with Crippen LogP contribution in [0, 0.1) is 5.82 Å². The number of carbonyl (C=O) groups is 3. The summed E-state index contributed by atoms with van der Waals surface area (Å²) in [5, 5.41) is -0.389. The molecular weight excluding hydrogens is 473 g/mol. The van der Waals surface area contributed by atoms with Crippen molar-refractivity contribution in [2.75, 3.05) is 20.3 Å². The number of rotatable bonds is 8. The van der Waals surface area contributed by atoms with Crippen molar-refractivity contribution < 1.29 is 33.0 Å². The van der Waals surface area contributed by atoms with Crippen LogP contribution in [0.2, 0.25) is 0 Å². The molecular formula is C26H20FNO6S. The molecule has 1 aliphatic rings. The van der Waals surface area contributed by atoms with Gasteiger partial charge in [-0.2, -0.15) is 0 Å². The van der Waals surface area contributed by atoms with Gasteiger partial charge in [0.05, 0.1) is 24.1 Å². The van der Waals surface area contributed by atoms with Crippen LogP contribution in [0.15, 0.2) is 77.7 Å². The van der Waals surface area contributed by atoms with Gasteiger partial charge in [0, 0.05) is 0 Å². The number of halogens is 1. The number of esters is 1. The molecule has 0 atom stereocenters. The summed E-state index contributed by atoms with van der Waals surface area (Å²) in [6, 6.07) is 19.2. The number of hydrogen-bond donors (Lipinski definition) is 0. The maximum Gasteiger partial charge on any atom is 0.346 e. The first-order chi connectivity index (χ1) is 17.0. The second-order valence-corrected chi connectivity index (χ2v) is 8.27. The SMILES string of the molecule is COc1cc(/C=C2\SC(=O)N(CCOc3ccccc3)C2=O)ccc1OC(=O)c1ccccc1F. The third-order valence-electron chi connectivity index (χ3n) is 4.98. The fourth-order valence-electron chi connectivity index (χ4n) is 3.26. The zero-order valence-corrected chi connectivity index (χ0v) is 19.4. The van der Waals surface area contributed by atoms with Crippen LogP contribution in [0.4, 0.5) is 9.18 Å². The topological polar surface area (TPSA) is 82.1 Å². The number of nitrogens with zero attached hydrogens (tertiary/aromatic N) is 1. The van der Waals surface area contributed by atoms with E-state index >= 15 is 0 Å². The maximum absolute atomic E-state index is 13.9. The number of benzene rings is 3. The molecule has 3 aromatic rings. The summed E-state index contributed by atoms with van der Waals surface area (Å²) in [6.45, 7) is 0.288. The molecule has 4 rings (SSSR count). The molecule has 9 heteroatoms. The van der Waals surface area contributed by atoms with Crippen LogP contribution in [-0.2, 0) is 4.79 Å². The van der Waals surface area contributed by atoms with Gasteiger partial charge in [-0.3, -0.25) is 14.5 Å². The summed E-state index contributed by atoms with van der Waals surface area (Å²) >= 11 is 0.825. The third kappa shape index (κ3) is 5.70. The molecule has 7 nitrogen and oxygen atoms in total. The molecule has 0 unspecified atom stereocenters. The molecule has 35 heavy (non-hydrogen) atoms. The van der Waals surface area contributed by atoms with Gasteiger partial charge in [-0.15, -0.1) is 0 Å². The number of methoxy groups -OCH3 is 1. The number of para-hydroxylation sites is 1. The maximum atomic E-state index is 13.9. The van der Waals surface area contributed by atoms with Gasteiger partial charge in [-0.1, -0.05) is 36.4 Å². The smallest absolute Gasteiger partial charge is 0.346 e. The highest BCUT2D eigenvalue weighted by molar-refractivity contribution is 8.18. The van der Waals surface area contributed by atoms with Crippen molar-refractivity contribution in [3.8, 4) is 17.2 Å². The quantitative estimate of drug-likeness (QED) is 0.243. The van der Waals surface area contributed by atoms with Crippen molar-refractivity contribution >= 4 is 35.0 Å². The molecule has 178 valence electrons. The minimum absolute atomic E-state index is 0.0871. The molecule has 0 radical (unpaired) electrons. The molecule has 3 aromatic carbocycles. The number of amides is 2. The first-order valence-electron chi connectivity index (χ1n) is 10.5. The Morgan fingerprint density at radius 3 is 2.49 bits per heavy atom. The second-order valence-electron chi connectivity index (χ2n) is 7.27. The average Bonchev–Trinajstić information content (AvgIpc) is 3.13. The highest BCUT2D eigenvalue weighted by atomic mass is 32.2. The summed E-state index contributed by atoms with van der Waals surface area (Å²) in [5.74, 6) is -1.04. The summed E-state index contributed by atoms with van der Waals surface area (Å²) in [6.07, 6.45) is 1.55. The first-order valence-corrected chi connectivity index (χ1v) is 11.4. The van der Waals surface area contributed by atoms with E-state index < -0.39 is 17.7 Å². The van der Waals surface area contributed by atoms with Crippen LogP contribution >= 0.6 is 11.8 Å². The van der Waals surface area contributed by atoms with Crippen LogP contribution in [0.3, 0.4) is 0 Å². The van der Waals surface area contributed by atoms with Gasteiger partial charge < -0.3 is 14.2 Å². The van der Waals surface area contributed by atoms with Gasteiger partial charge in [0.1, 0.15) is 18.2 Å². The summed E-state index contributed by atoms with van der Waals surface area (Å²) in [7, 11) is 1.39. The Bertz CT molecular complexity index is 1290. The van der Waals surface area contributed by atoms with Crippen molar-refractivity contribution in [3.63, 3.8) is 0 Å². The number of hydrogen-bond acceptors (Lipinski definition) is 7. The Morgan fingerprint density at radius 1 is 1.00 bits per heavy atom. The molecule has 1 saturated heterocycles. The van der Waals surface area contributed by atoms with Crippen molar-refractivity contribution in [2.24, 2.45) is 0 Å². The molecule has 0 aliphatic carbocycles. The molecule has 0 N–H and O–H groups in total. The zero-order valence-electron chi connectivity index (χ0n) is 18.6. The van der Waals surface area contributed by atoms with Crippen LogP contribution in [-0.4, -0.2) is 42.3 Å². The van der Waals surface area contributed by atoms with E-state index in [1.807, 2.05) is 18.2 Å². The normalized spacial score (nSPS) is 14.3. The van der Waals surface area contributed by atoms with Gasteiger partial charge in [-0.05, 0) is 59.8 Å². The van der Waals surface area contributed by atoms with E-state index in [2.05, 4.69) is 0 Å². The number of ether oxygens (including phenoxy) is 3. The molecule has 2 amide bonds. The van der Waals surface area contributed by atoms with E-state index in [-0.39, 0.29) is 40.4 Å². The standard InChI is InChI=1S/C26H20FNO6S/c1-32-22-15-17(11-12-21(22)34-25(30)19-9-5-6-10-20(19)27)16-23-24(29)28(26(31)35-23)13-14-33-18-7-3-2-4-8-18/h2-12,15-16H,13-14H2,1H3/b23-16-. The highest BCUT2D eigenvalue weighted by Gasteiger charge is 2.34. The van der Waals surface area contributed by atoms with Crippen molar-refractivity contribution in [1.29, 1.82) is 0 Å². The first kappa shape index (κ1) is 24.0. The largest absolute Gasteiger partial charge is 0.493 e. The molecule has 1 fully saturated rings. The predicted octanol–water partition coefficient (Wildman–Crippen LogP) is 5.17. The summed E-state index contributed by atoms with van der Waals surface area (Å²) < 4.78 is 30.0. The Kier molecular flexibility index (Phi) is 7.47. The van der Waals surface area contributed by atoms with Gasteiger partial charge >= 0.3 is 5.97 Å². The second kappa shape index (κ2) is 10.9. The van der Waals surface area contributed by atoms with Crippen molar-refractivity contribution in [1.82, 2.24) is 4.90 Å². The van der Waals surface area contributed by atoms with E-state index in [0.29, 0.717) is 11.3 Å². The monoisotopic (exact) mass is 493 g/mol. The third-order valence-corrected chi connectivity index (χ3v) is 5.89. The molecule has 0 saturated carbocycles. The van der Waals surface area contributed by atoms with Crippen LogP contribution in [0.5, 0.6) is 17.2 Å². The van der Waals surface area contributed by atoms with E-state index in [1.165, 1.54) is 31.4 Å². The summed E-state index contributed by atoms with van der Waals surface area (Å²) in [5.41, 5.74) is 0.349. The Morgan fingerprint density at radius 2 is 1.74 bits per heavy atom. The molecule has 0 spiro atoms. The van der Waals surface area contributed by atoms with E-state index in [0.717, 1.165) is 22.7 Å². The zero-order chi connectivity index (χ0) is 24.8. The average molecular weight is 494 g/mol. The molecule has 1 aliphatic heterocycles. The van der Waals surface area contributed by atoms with E-state index in [1.54, 1.807) is 30.3 Å². The number of carbonyl (C=O) groups excluding carboxylic acids is 3. The lowest BCUT2D eigenvalue weighted by Crippen LogP contribution is -2.32.